The first-order chi connectivity index (χ1) is 46.0. The van der Waals surface area contributed by atoms with E-state index < -0.39 is 10.8 Å². The van der Waals surface area contributed by atoms with E-state index in [4.69, 9.17) is 4.74 Å². The molecule has 0 saturated heterocycles. The molecular formula is C90H60N2O. The minimum Gasteiger partial charge on any atom is -0.457 e. The van der Waals surface area contributed by atoms with Crippen molar-refractivity contribution in [3.05, 3.63) is 396 Å². The lowest BCUT2D eigenvalue weighted by molar-refractivity contribution is 0.482. The number of para-hydroxylation sites is 1. The van der Waals surface area contributed by atoms with Gasteiger partial charge in [0.2, 0.25) is 0 Å². The zero-order chi connectivity index (χ0) is 61.8. The van der Waals surface area contributed by atoms with Crippen molar-refractivity contribution in [1.82, 2.24) is 4.57 Å². The van der Waals surface area contributed by atoms with Crippen molar-refractivity contribution in [2.45, 2.75) is 10.8 Å². The number of hydrogen-bond donors (Lipinski definition) is 0. The molecule has 1 aromatic heterocycles. The fourth-order valence-electron chi connectivity index (χ4n) is 16.0. The Balaban J connectivity index is 0.828. The third-order valence-electron chi connectivity index (χ3n) is 20.1. The van der Waals surface area contributed by atoms with Gasteiger partial charge in [0.05, 0.1) is 21.9 Å². The zero-order valence-electron chi connectivity index (χ0n) is 51.0. The summed E-state index contributed by atoms with van der Waals surface area (Å²) in [5.74, 6) is 1.54. The van der Waals surface area contributed by atoms with Crippen LogP contribution in [0.2, 0.25) is 0 Å². The molecule has 436 valence electrons. The van der Waals surface area contributed by atoms with Crippen LogP contribution in [0.4, 0.5) is 17.1 Å². The van der Waals surface area contributed by atoms with Crippen LogP contribution in [0.15, 0.2) is 341 Å². The average molecular weight is 1190 g/mol. The predicted octanol–water partition coefficient (Wildman–Crippen LogP) is 23.4. The van der Waals surface area contributed by atoms with Gasteiger partial charge in [0, 0.05) is 33.5 Å². The Morgan fingerprint density at radius 2 is 0.656 bits per heavy atom. The first kappa shape index (κ1) is 53.9. The Labute approximate surface area is 542 Å². The smallest absolute Gasteiger partial charge is 0.127 e. The third kappa shape index (κ3) is 8.17. The van der Waals surface area contributed by atoms with E-state index in [1.165, 1.54) is 99.7 Å². The van der Waals surface area contributed by atoms with Crippen LogP contribution in [0.3, 0.4) is 0 Å². The van der Waals surface area contributed by atoms with Gasteiger partial charge >= 0.3 is 0 Å². The van der Waals surface area contributed by atoms with E-state index in [-0.39, 0.29) is 0 Å². The second kappa shape index (κ2) is 21.3. The van der Waals surface area contributed by atoms with Gasteiger partial charge in [0.25, 0.3) is 0 Å². The standard InChI is InChI=1S/C90H60N2O/c1-3-59-31-35-61(36-32-59)63-39-53-87-79(55-63)80-56-64(40-54-88(80)92(87)67-21-9-6-10-22-67)62-37-43-68(44-38-62)91(70-46-52-78-76-26-14-18-30-84(76)90(86(78)58-70)82-28-16-12-23-73(82)74-24-13-17-29-83(74)90)69-45-51-77-75-25-11-15-27-81(75)89(85(77)57-69,65-19-7-5-8-20-65)66-41-49-72(50-42-66)93-71-47-33-60(4-2)34-48-71/h3-58H,1-2H2. The summed E-state index contributed by atoms with van der Waals surface area (Å²) >= 11 is 0. The van der Waals surface area contributed by atoms with Crippen LogP contribution in [-0.4, -0.2) is 4.57 Å². The maximum atomic E-state index is 6.52. The van der Waals surface area contributed by atoms with Crippen LogP contribution in [0, 0.1) is 0 Å². The first-order valence-corrected chi connectivity index (χ1v) is 32.0. The molecule has 0 fully saturated rings. The molecule has 0 aliphatic heterocycles. The molecule has 15 aromatic rings. The fraction of sp³-hybridized carbons (Fsp3) is 0.0222. The zero-order valence-corrected chi connectivity index (χ0v) is 51.0. The van der Waals surface area contributed by atoms with Crippen molar-refractivity contribution in [1.29, 1.82) is 0 Å². The summed E-state index contributed by atoms with van der Waals surface area (Å²) in [7, 11) is 0. The number of fused-ring (bicyclic) bond motifs is 16. The topological polar surface area (TPSA) is 17.4 Å². The number of aromatic nitrogens is 1. The molecule has 3 nitrogen and oxygen atoms in total. The number of ether oxygens (including phenoxy) is 1. The molecule has 1 atom stereocenters. The van der Waals surface area contributed by atoms with Gasteiger partial charge in [-0.25, -0.2) is 0 Å². The number of nitrogens with zero attached hydrogens (tertiary/aromatic N) is 2. The van der Waals surface area contributed by atoms with E-state index >= 15 is 0 Å². The van der Waals surface area contributed by atoms with Crippen LogP contribution in [-0.2, 0) is 10.8 Å². The van der Waals surface area contributed by atoms with Crippen molar-refractivity contribution in [2.75, 3.05) is 4.90 Å². The van der Waals surface area contributed by atoms with E-state index in [2.05, 4.69) is 326 Å². The second-order valence-electron chi connectivity index (χ2n) is 24.8. The minimum absolute atomic E-state index is 0.531. The molecule has 0 N–H and O–H groups in total. The predicted molar refractivity (Wildman–Crippen MR) is 387 cm³/mol. The molecule has 1 spiro atoms. The van der Waals surface area contributed by atoms with E-state index in [1.54, 1.807) is 0 Å². The molecule has 3 heteroatoms. The number of benzene rings is 14. The number of hydrogen-bond acceptors (Lipinski definition) is 2. The summed E-state index contributed by atoms with van der Waals surface area (Å²) in [5.41, 5.74) is 29.8. The highest BCUT2D eigenvalue weighted by molar-refractivity contribution is 6.12. The Bertz CT molecular complexity index is 5420. The molecule has 14 aromatic carbocycles. The Morgan fingerprint density at radius 3 is 1.14 bits per heavy atom. The lowest BCUT2D eigenvalue weighted by Crippen LogP contribution is -2.28. The molecule has 3 aliphatic rings. The van der Waals surface area contributed by atoms with Crippen molar-refractivity contribution < 1.29 is 4.74 Å². The van der Waals surface area contributed by atoms with Gasteiger partial charge in [-0.05, 0) is 208 Å². The third-order valence-corrected chi connectivity index (χ3v) is 20.1. The Kier molecular flexibility index (Phi) is 12.4. The maximum Gasteiger partial charge on any atom is 0.127 e. The maximum absolute atomic E-state index is 6.52. The molecule has 0 radical (unpaired) electrons. The van der Waals surface area contributed by atoms with Gasteiger partial charge in [-0.2, -0.15) is 0 Å². The number of rotatable bonds is 12. The molecule has 18 rings (SSSR count). The molecule has 93 heavy (non-hydrogen) atoms. The van der Waals surface area contributed by atoms with Gasteiger partial charge in [-0.1, -0.05) is 256 Å². The van der Waals surface area contributed by atoms with Gasteiger partial charge < -0.3 is 14.2 Å². The van der Waals surface area contributed by atoms with Crippen LogP contribution in [0.5, 0.6) is 11.5 Å². The molecule has 1 unspecified atom stereocenters. The van der Waals surface area contributed by atoms with Crippen LogP contribution in [0.1, 0.15) is 55.6 Å². The highest BCUT2D eigenvalue weighted by Gasteiger charge is 2.52. The minimum atomic E-state index is -0.692. The molecule has 0 bridgehead atoms. The van der Waals surface area contributed by atoms with E-state index in [0.29, 0.717) is 0 Å². The average Bonchev–Trinajstić information content (AvgIpc) is 1.51. The largest absolute Gasteiger partial charge is 0.457 e. The number of anilines is 3. The first-order valence-electron chi connectivity index (χ1n) is 32.0. The molecule has 0 saturated carbocycles. The van der Waals surface area contributed by atoms with E-state index in [9.17, 15) is 0 Å². The van der Waals surface area contributed by atoms with Crippen molar-refractivity contribution in [2.24, 2.45) is 0 Å². The molecule has 3 aliphatic carbocycles. The van der Waals surface area contributed by atoms with Gasteiger partial charge in [0.15, 0.2) is 0 Å². The Hall–Kier alpha value is -12.0. The van der Waals surface area contributed by atoms with Crippen molar-refractivity contribution in [3.8, 4) is 72.8 Å². The van der Waals surface area contributed by atoms with Gasteiger partial charge in [-0.15, -0.1) is 0 Å². The van der Waals surface area contributed by atoms with Crippen LogP contribution in [0.25, 0.3) is 95.3 Å². The van der Waals surface area contributed by atoms with Crippen molar-refractivity contribution in [3.63, 3.8) is 0 Å². The Morgan fingerprint density at radius 1 is 0.290 bits per heavy atom. The van der Waals surface area contributed by atoms with Gasteiger partial charge in [0.1, 0.15) is 11.5 Å². The summed E-state index contributed by atoms with van der Waals surface area (Å²) in [6.45, 7) is 7.95. The lowest BCUT2D eigenvalue weighted by Gasteiger charge is -2.35. The van der Waals surface area contributed by atoms with Gasteiger partial charge in [-0.3, -0.25) is 0 Å². The van der Waals surface area contributed by atoms with Crippen LogP contribution < -0.4 is 9.64 Å². The van der Waals surface area contributed by atoms with Crippen molar-refractivity contribution >= 4 is 51.0 Å². The summed E-state index contributed by atoms with van der Waals surface area (Å²) in [6, 6.07) is 121. The molecular weight excluding hydrogens is 1130 g/mol. The monoisotopic (exact) mass is 1180 g/mol. The molecule has 0 amide bonds. The second-order valence-corrected chi connectivity index (χ2v) is 24.8. The van der Waals surface area contributed by atoms with E-state index in [1.807, 2.05) is 36.4 Å². The van der Waals surface area contributed by atoms with E-state index in [0.717, 1.165) is 67.6 Å². The SMILES string of the molecule is C=Cc1ccc(Oc2ccc(C3(c4ccccc4)c4ccccc4-c4ccc(N(c5ccc(-c6ccc7c(c6)c6cc(-c8ccc(C=C)cc8)ccc6n7-c6ccccc6)cc5)c5ccc6c(c5)C5(c7ccccc7-c7ccccc75)c5ccccc5-6)cc43)cc2)cc1. The summed E-state index contributed by atoms with van der Waals surface area (Å²) in [4.78, 5) is 2.50. The van der Waals surface area contributed by atoms with Crippen LogP contribution >= 0.6 is 0 Å². The summed E-state index contributed by atoms with van der Waals surface area (Å²) in [6.07, 6.45) is 3.75. The highest BCUT2D eigenvalue weighted by Crippen LogP contribution is 2.64. The molecule has 1 heterocycles. The summed E-state index contributed by atoms with van der Waals surface area (Å²) in [5, 5.41) is 2.41. The lowest BCUT2D eigenvalue weighted by atomic mass is 9.67. The normalized spacial score (nSPS) is 14.2. The summed E-state index contributed by atoms with van der Waals surface area (Å²) < 4.78 is 8.92. The quantitative estimate of drug-likeness (QED) is 0.121. The highest BCUT2D eigenvalue weighted by atomic mass is 16.5. The fourth-order valence-corrected chi connectivity index (χ4v) is 16.0.